The summed E-state index contributed by atoms with van der Waals surface area (Å²) in [6, 6.07) is 0. The third-order valence-electron chi connectivity index (χ3n) is 3.88. The van der Waals surface area contributed by atoms with Crippen molar-refractivity contribution in [2.24, 2.45) is 11.3 Å². The number of hydrogen-bond donors (Lipinski definition) is 0. The topological polar surface area (TPSA) is 43.4 Å². The highest BCUT2D eigenvalue weighted by atomic mass is 16.5. The first kappa shape index (κ1) is 15.2. The Kier molecular flexibility index (Phi) is 5.83. The lowest BCUT2D eigenvalue weighted by atomic mass is 9.70. The van der Waals surface area contributed by atoms with E-state index in [1.54, 1.807) is 0 Å². The second-order valence-corrected chi connectivity index (χ2v) is 5.89. The van der Waals surface area contributed by atoms with Crippen molar-refractivity contribution in [3.63, 3.8) is 0 Å². The molecule has 104 valence electrons. The predicted molar refractivity (Wildman–Crippen MR) is 71.2 cm³/mol. The summed E-state index contributed by atoms with van der Waals surface area (Å²) in [6.07, 6.45) is 6.41. The van der Waals surface area contributed by atoms with E-state index in [-0.39, 0.29) is 17.3 Å². The van der Waals surface area contributed by atoms with Crippen LogP contribution in [-0.2, 0) is 14.3 Å². The van der Waals surface area contributed by atoms with Gasteiger partial charge < -0.3 is 4.74 Å². The molecule has 0 bridgehead atoms. The molecule has 3 nitrogen and oxygen atoms in total. The number of unbranched alkanes of at least 4 members (excludes halogenated alkanes) is 1. The van der Waals surface area contributed by atoms with Gasteiger partial charge in [-0.1, -0.05) is 26.7 Å². The molecule has 0 spiro atoms. The zero-order valence-electron chi connectivity index (χ0n) is 12.0. The molecule has 1 rings (SSSR count). The molecule has 0 heterocycles. The van der Waals surface area contributed by atoms with Crippen LogP contribution in [0.3, 0.4) is 0 Å². The van der Waals surface area contributed by atoms with Gasteiger partial charge in [-0.2, -0.15) is 0 Å². The number of ether oxygens (including phenoxy) is 1. The molecule has 0 aromatic carbocycles. The summed E-state index contributed by atoms with van der Waals surface area (Å²) < 4.78 is 4.88. The second kappa shape index (κ2) is 6.91. The minimum Gasteiger partial charge on any atom is -0.466 e. The summed E-state index contributed by atoms with van der Waals surface area (Å²) in [5, 5.41) is 0. The molecule has 1 unspecified atom stereocenters. The number of carbonyl (C=O) groups is 2. The molecule has 1 fully saturated rings. The highest BCUT2D eigenvalue weighted by Gasteiger charge is 2.36. The van der Waals surface area contributed by atoms with Crippen molar-refractivity contribution >= 4 is 11.8 Å². The van der Waals surface area contributed by atoms with Crippen LogP contribution in [0.2, 0.25) is 0 Å². The van der Waals surface area contributed by atoms with Crippen LogP contribution in [0.25, 0.3) is 0 Å². The molecule has 0 aliphatic heterocycles. The van der Waals surface area contributed by atoms with Gasteiger partial charge in [0.15, 0.2) is 0 Å². The largest absolute Gasteiger partial charge is 0.466 e. The Morgan fingerprint density at radius 2 is 2.11 bits per heavy atom. The fraction of sp³-hybridized carbons (Fsp3) is 0.867. The predicted octanol–water partition coefficient (Wildman–Crippen LogP) is 3.51. The number of hydrogen-bond acceptors (Lipinski definition) is 3. The van der Waals surface area contributed by atoms with Gasteiger partial charge in [-0.3, -0.25) is 9.59 Å². The Morgan fingerprint density at radius 1 is 1.39 bits per heavy atom. The summed E-state index contributed by atoms with van der Waals surface area (Å²) in [5.74, 6) is 0.522. The summed E-state index contributed by atoms with van der Waals surface area (Å²) in [7, 11) is 0. The normalized spacial score (nSPS) is 22.8. The maximum Gasteiger partial charge on any atom is 0.305 e. The summed E-state index contributed by atoms with van der Waals surface area (Å²) >= 11 is 0. The van der Waals surface area contributed by atoms with Crippen LogP contribution in [-0.4, -0.2) is 18.4 Å². The minimum atomic E-state index is -0.135. The zero-order valence-corrected chi connectivity index (χ0v) is 12.0. The first-order valence-corrected chi connectivity index (χ1v) is 7.17. The second-order valence-electron chi connectivity index (χ2n) is 5.89. The number of carbonyl (C=O) groups excluding carboxylic acids is 2. The Bertz CT molecular complexity index is 294. The van der Waals surface area contributed by atoms with Crippen molar-refractivity contribution in [2.75, 3.05) is 6.61 Å². The summed E-state index contributed by atoms with van der Waals surface area (Å²) in [6.45, 7) is 6.38. The van der Waals surface area contributed by atoms with Crippen molar-refractivity contribution in [2.45, 2.75) is 65.7 Å². The molecule has 0 saturated heterocycles. The van der Waals surface area contributed by atoms with E-state index in [2.05, 4.69) is 13.8 Å². The third kappa shape index (κ3) is 4.43. The van der Waals surface area contributed by atoms with Crippen molar-refractivity contribution in [1.29, 1.82) is 0 Å². The fourth-order valence-electron chi connectivity index (χ4n) is 2.77. The van der Waals surface area contributed by atoms with Gasteiger partial charge in [0.2, 0.25) is 0 Å². The van der Waals surface area contributed by atoms with Gasteiger partial charge >= 0.3 is 5.97 Å². The van der Waals surface area contributed by atoms with Crippen LogP contribution in [0.5, 0.6) is 0 Å². The van der Waals surface area contributed by atoms with E-state index in [0.29, 0.717) is 18.8 Å². The molecule has 1 aliphatic rings. The summed E-state index contributed by atoms with van der Waals surface area (Å²) in [4.78, 5) is 23.4. The van der Waals surface area contributed by atoms with Crippen LogP contribution in [0.4, 0.5) is 0 Å². The Balaban J connectivity index is 2.23. The SMILES string of the molecule is CCOC(=O)CCCCC1CCCC(C)(C)C1=O. The van der Waals surface area contributed by atoms with E-state index in [4.69, 9.17) is 4.74 Å². The monoisotopic (exact) mass is 254 g/mol. The van der Waals surface area contributed by atoms with Crippen molar-refractivity contribution in [3.8, 4) is 0 Å². The highest BCUT2D eigenvalue weighted by molar-refractivity contribution is 5.86. The van der Waals surface area contributed by atoms with Crippen molar-refractivity contribution < 1.29 is 14.3 Å². The van der Waals surface area contributed by atoms with Crippen molar-refractivity contribution in [1.82, 2.24) is 0 Å². The first-order valence-electron chi connectivity index (χ1n) is 7.17. The molecular formula is C15H26O3. The maximum absolute atomic E-state index is 12.2. The van der Waals surface area contributed by atoms with Gasteiger partial charge in [0, 0.05) is 17.8 Å². The van der Waals surface area contributed by atoms with Gasteiger partial charge in [-0.15, -0.1) is 0 Å². The lowest BCUT2D eigenvalue weighted by Gasteiger charge is -2.33. The molecule has 1 atom stereocenters. The third-order valence-corrected chi connectivity index (χ3v) is 3.88. The van der Waals surface area contributed by atoms with E-state index >= 15 is 0 Å². The van der Waals surface area contributed by atoms with E-state index in [1.165, 1.54) is 0 Å². The van der Waals surface area contributed by atoms with Crippen LogP contribution in [0.15, 0.2) is 0 Å². The molecule has 3 heteroatoms. The van der Waals surface area contributed by atoms with Crippen LogP contribution >= 0.6 is 0 Å². The number of Topliss-reactive ketones (excluding diaryl/α,β-unsaturated/α-hetero) is 1. The molecule has 0 N–H and O–H groups in total. The van der Waals surface area contributed by atoms with E-state index in [9.17, 15) is 9.59 Å². The number of ketones is 1. The van der Waals surface area contributed by atoms with Crippen molar-refractivity contribution in [3.05, 3.63) is 0 Å². The molecule has 0 aromatic heterocycles. The van der Waals surface area contributed by atoms with Gasteiger partial charge in [0.05, 0.1) is 6.61 Å². The van der Waals surface area contributed by atoms with Crippen LogP contribution in [0, 0.1) is 11.3 Å². The van der Waals surface area contributed by atoms with Gasteiger partial charge in [0.1, 0.15) is 5.78 Å². The fourth-order valence-corrected chi connectivity index (χ4v) is 2.77. The standard InChI is InChI=1S/C15H26O3/c1-4-18-13(16)10-6-5-8-12-9-7-11-15(2,3)14(12)17/h12H,4-11H2,1-3H3. The Morgan fingerprint density at radius 3 is 2.78 bits per heavy atom. The van der Waals surface area contributed by atoms with Crippen LogP contribution < -0.4 is 0 Å². The lowest BCUT2D eigenvalue weighted by molar-refractivity contribution is -0.143. The number of rotatable bonds is 6. The minimum absolute atomic E-state index is 0.118. The smallest absolute Gasteiger partial charge is 0.305 e. The van der Waals surface area contributed by atoms with Gasteiger partial charge in [-0.25, -0.2) is 0 Å². The molecule has 0 aromatic rings. The van der Waals surface area contributed by atoms with E-state index in [0.717, 1.165) is 38.5 Å². The molecule has 0 amide bonds. The first-order chi connectivity index (χ1) is 8.47. The van der Waals surface area contributed by atoms with E-state index in [1.807, 2.05) is 6.92 Å². The molecule has 18 heavy (non-hydrogen) atoms. The number of esters is 1. The Labute approximate surface area is 110 Å². The molecule has 1 aliphatic carbocycles. The quantitative estimate of drug-likeness (QED) is 0.538. The zero-order chi connectivity index (χ0) is 13.6. The molecular weight excluding hydrogens is 228 g/mol. The maximum atomic E-state index is 12.2. The lowest BCUT2D eigenvalue weighted by Crippen LogP contribution is -2.35. The molecule has 0 radical (unpaired) electrons. The average Bonchev–Trinajstić information content (AvgIpc) is 2.30. The molecule has 1 saturated carbocycles. The highest BCUT2D eigenvalue weighted by Crippen LogP contribution is 2.37. The van der Waals surface area contributed by atoms with Gasteiger partial charge in [0.25, 0.3) is 0 Å². The summed E-state index contributed by atoms with van der Waals surface area (Å²) in [5.41, 5.74) is -0.135. The van der Waals surface area contributed by atoms with Crippen LogP contribution in [0.1, 0.15) is 65.7 Å². The Hall–Kier alpha value is -0.860. The van der Waals surface area contributed by atoms with Gasteiger partial charge in [-0.05, 0) is 32.6 Å². The van der Waals surface area contributed by atoms with E-state index < -0.39 is 0 Å². The average molecular weight is 254 g/mol.